The van der Waals surface area contributed by atoms with E-state index in [0.717, 1.165) is 5.56 Å². The molecule has 1 amide bonds. The van der Waals surface area contributed by atoms with Crippen molar-refractivity contribution in [2.24, 2.45) is 7.05 Å². The van der Waals surface area contributed by atoms with Crippen molar-refractivity contribution in [1.82, 2.24) is 29.6 Å². The van der Waals surface area contributed by atoms with Gasteiger partial charge >= 0.3 is 0 Å². The van der Waals surface area contributed by atoms with Gasteiger partial charge in [0.1, 0.15) is 4.83 Å². The van der Waals surface area contributed by atoms with Gasteiger partial charge in [0, 0.05) is 32.2 Å². The number of carbonyl (C=O) groups excluding carboxylic acids is 1. The van der Waals surface area contributed by atoms with E-state index in [2.05, 4.69) is 20.4 Å². The number of hydrogen-bond acceptors (Lipinski definition) is 6. The van der Waals surface area contributed by atoms with Crippen LogP contribution in [0.5, 0.6) is 0 Å². The smallest absolute Gasteiger partial charge is 0.262 e. The highest BCUT2D eigenvalue weighted by molar-refractivity contribution is 7.20. The molecular weight excluding hydrogens is 364 g/mol. The second kappa shape index (κ2) is 6.76. The summed E-state index contributed by atoms with van der Waals surface area (Å²) in [4.78, 5) is 34.5. The second-order valence-corrected chi connectivity index (χ2v) is 7.05. The molecule has 0 fully saturated rings. The van der Waals surface area contributed by atoms with Gasteiger partial charge in [0.05, 0.1) is 16.6 Å². The number of nitrogens with one attached hydrogen (secondary N) is 1. The van der Waals surface area contributed by atoms with E-state index in [9.17, 15) is 9.59 Å². The minimum atomic E-state index is -0.227. The van der Waals surface area contributed by atoms with Gasteiger partial charge in [0.15, 0.2) is 5.82 Å². The van der Waals surface area contributed by atoms with Gasteiger partial charge in [-0.3, -0.25) is 9.59 Å². The number of nitrogens with zero attached hydrogens (tertiary/aromatic N) is 5. The molecule has 0 aliphatic rings. The van der Waals surface area contributed by atoms with Crippen LogP contribution in [-0.4, -0.2) is 30.2 Å². The number of rotatable bonds is 4. The maximum absolute atomic E-state index is 12.6. The van der Waals surface area contributed by atoms with E-state index >= 15 is 0 Å². The van der Waals surface area contributed by atoms with Crippen LogP contribution in [0.2, 0.25) is 0 Å². The summed E-state index contributed by atoms with van der Waals surface area (Å²) in [7, 11) is 1.65. The van der Waals surface area contributed by atoms with Crippen LogP contribution in [-0.2, 0) is 13.6 Å². The molecule has 4 aromatic rings. The fourth-order valence-corrected chi connectivity index (χ4v) is 3.84. The van der Waals surface area contributed by atoms with Crippen molar-refractivity contribution >= 4 is 27.5 Å². The predicted molar refractivity (Wildman–Crippen MR) is 102 cm³/mol. The molecule has 0 saturated heterocycles. The number of fused-ring (bicyclic) bond motifs is 1. The second-order valence-electron chi connectivity index (χ2n) is 6.05. The summed E-state index contributed by atoms with van der Waals surface area (Å²) in [6.07, 6.45) is 6.63. The fraction of sp³-hybridized carbons (Fsp3) is 0.167. The zero-order valence-corrected chi connectivity index (χ0v) is 15.5. The molecule has 4 heterocycles. The Kier molecular flexibility index (Phi) is 4.28. The molecule has 0 radical (unpaired) electrons. The summed E-state index contributed by atoms with van der Waals surface area (Å²) in [5.74, 6) is 0.451. The molecule has 27 heavy (non-hydrogen) atoms. The largest absolute Gasteiger partial charge is 0.347 e. The minimum Gasteiger partial charge on any atom is -0.347 e. The molecule has 4 aromatic heterocycles. The highest BCUT2D eigenvalue weighted by atomic mass is 32.1. The number of hydrogen-bond donors (Lipinski definition) is 1. The Bertz CT molecular complexity index is 1190. The van der Waals surface area contributed by atoms with E-state index in [1.165, 1.54) is 22.2 Å². The molecular formula is C18H16N6O2S. The zero-order valence-electron chi connectivity index (χ0n) is 14.7. The van der Waals surface area contributed by atoms with Crippen molar-refractivity contribution in [3.8, 4) is 5.82 Å². The lowest BCUT2D eigenvalue weighted by atomic mass is 10.2. The van der Waals surface area contributed by atoms with Crippen LogP contribution in [0.15, 0.2) is 47.9 Å². The van der Waals surface area contributed by atoms with Crippen LogP contribution in [0.25, 0.3) is 16.0 Å². The van der Waals surface area contributed by atoms with Gasteiger partial charge in [-0.25, -0.2) is 14.6 Å². The van der Waals surface area contributed by atoms with Crippen LogP contribution >= 0.6 is 11.3 Å². The number of carbonyl (C=O) groups is 1. The average Bonchev–Trinajstić information content (AvgIpc) is 3.32. The summed E-state index contributed by atoms with van der Waals surface area (Å²) in [5.41, 5.74) is 1.41. The summed E-state index contributed by atoms with van der Waals surface area (Å²) in [5, 5.41) is 7.55. The topological polar surface area (TPSA) is 94.7 Å². The van der Waals surface area contributed by atoms with E-state index in [4.69, 9.17) is 0 Å². The molecule has 9 heteroatoms. The Morgan fingerprint density at radius 2 is 2.15 bits per heavy atom. The van der Waals surface area contributed by atoms with Gasteiger partial charge in [0.25, 0.3) is 11.5 Å². The molecule has 0 aliphatic heterocycles. The molecule has 0 spiro atoms. The van der Waals surface area contributed by atoms with E-state index in [1.54, 1.807) is 37.2 Å². The van der Waals surface area contributed by atoms with Gasteiger partial charge in [-0.2, -0.15) is 5.10 Å². The monoisotopic (exact) mass is 380 g/mol. The summed E-state index contributed by atoms with van der Waals surface area (Å²) in [6.45, 7) is 2.12. The first-order valence-corrected chi connectivity index (χ1v) is 9.04. The summed E-state index contributed by atoms with van der Waals surface area (Å²) < 4.78 is 3.07. The lowest BCUT2D eigenvalue weighted by molar-refractivity contribution is 0.0954. The first-order valence-electron chi connectivity index (χ1n) is 8.22. The van der Waals surface area contributed by atoms with Crippen molar-refractivity contribution in [3.05, 3.63) is 69.5 Å². The van der Waals surface area contributed by atoms with Gasteiger partial charge in [-0.05, 0) is 36.2 Å². The standard InChI is InChI=1S/C18H16N6O2S/c1-11-14-17(21-10-23(2)18(14)26)27-15(11)16(25)20-9-12-4-6-19-13(8-12)24-7-3-5-22-24/h3-8,10H,9H2,1-2H3,(H,20,25). The molecule has 0 aromatic carbocycles. The van der Waals surface area contributed by atoms with Crippen molar-refractivity contribution in [3.63, 3.8) is 0 Å². The third-order valence-corrected chi connectivity index (χ3v) is 5.42. The van der Waals surface area contributed by atoms with Crippen LogP contribution in [0, 0.1) is 6.92 Å². The van der Waals surface area contributed by atoms with E-state index < -0.39 is 0 Å². The molecule has 0 atom stereocenters. The van der Waals surface area contributed by atoms with Gasteiger partial charge in [-0.15, -0.1) is 11.3 Å². The zero-order chi connectivity index (χ0) is 19.0. The van der Waals surface area contributed by atoms with Crippen LogP contribution in [0.1, 0.15) is 20.8 Å². The predicted octanol–water partition coefficient (Wildman–Crippen LogP) is 1.81. The van der Waals surface area contributed by atoms with Crippen molar-refractivity contribution in [2.45, 2.75) is 13.5 Å². The van der Waals surface area contributed by atoms with E-state index in [0.29, 0.717) is 33.0 Å². The Morgan fingerprint density at radius 1 is 1.30 bits per heavy atom. The first-order chi connectivity index (χ1) is 13.0. The van der Waals surface area contributed by atoms with E-state index in [1.807, 2.05) is 18.2 Å². The molecule has 4 rings (SSSR count). The molecule has 0 unspecified atom stereocenters. The average molecular weight is 380 g/mol. The SMILES string of the molecule is Cc1c(C(=O)NCc2ccnc(-n3cccn3)c2)sc2ncn(C)c(=O)c12. The highest BCUT2D eigenvalue weighted by Crippen LogP contribution is 2.26. The Balaban J connectivity index is 1.56. The Hall–Kier alpha value is -3.33. The number of thiophene rings is 1. The lowest BCUT2D eigenvalue weighted by Gasteiger charge is -2.06. The summed E-state index contributed by atoms with van der Waals surface area (Å²) in [6, 6.07) is 5.52. The minimum absolute atomic E-state index is 0.147. The molecule has 136 valence electrons. The maximum Gasteiger partial charge on any atom is 0.262 e. The lowest BCUT2D eigenvalue weighted by Crippen LogP contribution is -2.23. The molecule has 1 N–H and O–H groups in total. The van der Waals surface area contributed by atoms with Crippen molar-refractivity contribution < 1.29 is 4.79 Å². The van der Waals surface area contributed by atoms with Crippen molar-refractivity contribution in [1.29, 1.82) is 0 Å². The van der Waals surface area contributed by atoms with E-state index in [-0.39, 0.29) is 11.5 Å². The quantitative estimate of drug-likeness (QED) is 0.583. The normalized spacial score (nSPS) is 11.0. The number of pyridine rings is 1. The number of aromatic nitrogens is 5. The van der Waals surface area contributed by atoms with Crippen LogP contribution < -0.4 is 10.9 Å². The molecule has 0 saturated carbocycles. The van der Waals surface area contributed by atoms with Gasteiger partial charge in [0.2, 0.25) is 0 Å². The van der Waals surface area contributed by atoms with Crippen LogP contribution in [0.3, 0.4) is 0 Å². The Morgan fingerprint density at radius 3 is 2.93 bits per heavy atom. The molecule has 0 bridgehead atoms. The fourth-order valence-electron chi connectivity index (χ4n) is 2.79. The third-order valence-electron chi connectivity index (χ3n) is 4.22. The van der Waals surface area contributed by atoms with Gasteiger partial charge in [-0.1, -0.05) is 0 Å². The van der Waals surface area contributed by atoms with Gasteiger partial charge < -0.3 is 9.88 Å². The van der Waals surface area contributed by atoms with Crippen molar-refractivity contribution in [2.75, 3.05) is 0 Å². The third kappa shape index (κ3) is 3.13. The number of aryl methyl sites for hydroxylation is 2. The molecule has 0 aliphatic carbocycles. The highest BCUT2D eigenvalue weighted by Gasteiger charge is 2.18. The number of amides is 1. The first kappa shape index (κ1) is 17.1. The summed E-state index contributed by atoms with van der Waals surface area (Å²) >= 11 is 1.23. The maximum atomic E-state index is 12.6. The molecule has 8 nitrogen and oxygen atoms in total. The van der Waals surface area contributed by atoms with Crippen LogP contribution in [0.4, 0.5) is 0 Å². The Labute approximate surface area is 158 Å².